The van der Waals surface area contributed by atoms with Crippen LogP contribution in [0.25, 0.3) is 5.69 Å². The molecule has 0 aliphatic carbocycles. The Balaban J connectivity index is 2.70. The topological polar surface area (TPSA) is 75.1 Å². The number of carboxylic acids is 1. The molecular formula is C10H7IN2O3. The number of imidazole rings is 1. The van der Waals surface area contributed by atoms with Crippen molar-refractivity contribution in [1.82, 2.24) is 9.55 Å². The molecule has 1 aromatic carbocycles. The molecule has 0 radical (unpaired) electrons. The van der Waals surface area contributed by atoms with E-state index >= 15 is 0 Å². The lowest BCUT2D eigenvalue weighted by atomic mass is 10.2. The third-order valence-corrected chi connectivity index (χ3v) is 2.77. The van der Waals surface area contributed by atoms with Gasteiger partial charge in [-0.1, -0.05) is 0 Å². The number of aromatic carboxylic acids is 1. The summed E-state index contributed by atoms with van der Waals surface area (Å²) in [6.07, 6.45) is 2.96. The third kappa shape index (κ3) is 1.87. The number of carboxylic acid groups (broad SMARTS) is 1. The Hall–Kier alpha value is -1.57. The molecule has 0 fully saturated rings. The van der Waals surface area contributed by atoms with Gasteiger partial charge in [-0.2, -0.15) is 0 Å². The number of halogens is 1. The standard InChI is InChI=1S/C10H7IN2O3/c11-6-1-2-8(7(5-6)9(14)15)13-4-3-12-10(13)16/h1-5H,(H,12,16)(H,14,15). The summed E-state index contributed by atoms with van der Waals surface area (Å²) in [7, 11) is 0. The van der Waals surface area contributed by atoms with Gasteiger partial charge in [0.25, 0.3) is 0 Å². The van der Waals surface area contributed by atoms with Gasteiger partial charge in [0.2, 0.25) is 0 Å². The predicted molar refractivity (Wildman–Crippen MR) is 66.1 cm³/mol. The molecule has 2 rings (SSSR count). The fraction of sp³-hybridized carbons (Fsp3) is 0. The number of rotatable bonds is 2. The van der Waals surface area contributed by atoms with Crippen molar-refractivity contribution in [3.05, 3.63) is 50.2 Å². The first-order valence-electron chi connectivity index (χ1n) is 4.39. The number of benzene rings is 1. The van der Waals surface area contributed by atoms with Gasteiger partial charge < -0.3 is 10.1 Å². The van der Waals surface area contributed by atoms with Crippen molar-refractivity contribution >= 4 is 28.6 Å². The zero-order valence-electron chi connectivity index (χ0n) is 7.98. The van der Waals surface area contributed by atoms with E-state index in [-0.39, 0.29) is 11.3 Å². The summed E-state index contributed by atoms with van der Waals surface area (Å²) in [4.78, 5) is 24.9. The molecule has 1 aromatic heterocycles. The first kappa shape index (κ1) is 10.9. The van der Waals surface area contributed by atoms with Crippen LogP contribution in [0.3, 0.4) is 0 Å². The lowest BCUT2D eigenvalue weighted by molar-refractivity contribution is 0.0697. The van der Waals surface area contributed by atoms with Crippen LogP contribution in [0.2, 0.25) is 0 Å². The summed E-state index contributed by atoms with van der Waals surface area (Å²) in [6, 6.07) is 4.89. The molecule has 0 spiro atoms. The molecule has 1 heterocycles. The van der Waals surface area contributed by atoms with Gasteiger partial charge in [0.05, 0.1) is 11.3 Å². The van der Waals surface area contributed by atoms with Crippen molar-refractivity contribution in [2.75, 3.05) is 0 Å². The molecule has 2 N–H and O–H groups in total. The van der Waals surface area contributed by atoms with Crippen LogP contribution in [-0.4, -0.2) is 20.6 Å². The maximum absolute atomic E-state index is 11.4. The van der Waals surface area contributed by atoms with Crippen LogP contribution in [0.15, 0.2) is 35.4 Å². The van der Waals surface area contributed by atoms with Crippen LogP contribution >= 0.6 is 22.6 Å². The second-order valence-corrected chi connectivity index (χ2v) is 4.35. The Morgan fingerprint density at radius 3 is 2.75 bits per heavy atom. The van der Waals surface area contributed by atoms with Gasteiger partial charge in [0.1, 0.15) is 0 Å². The summed E-state index contributed by atoms with van der Waals surface area (Å²) in [5.41, 5.74) is 0.108. The predicted octanol–water partition coefficient (Wildman–Crippen LogP) is 1.47. The molecule has 82 valence electrons. The summed E-state index contributed by atoms with van der Waals surface area (Å²) >= 11 is 2.02. The Kier molecular flexibility index (Phi) is 2.82. The van der Waals surface area contributed by atoms with Crippen LogP contribution in [0.5, 0.6) is 0 Å². The quantitative estimate of drug-likeness (QED) is 0.819. The Morgan fingerprint density at radius 1 is 1.44 bits per heavy atom. The van der Waals surface area contributed by atoms with E-state index < -0.39 is 5.97 Å². The lowest BCUT2D eigenvalue weighted by Gasteiger charge is -2.06. The minimum absolute atomic E-state index is 0.105. The normalized spacial score (nSPS) is 10.3. The van der Waals surface area contributed by atoms with E-state index in [2.05, 4.69) is 4.98 Å². The van der Waals surface area contributed by atoms with Gasteiger partial charge in [-0.05, 0) is 40.8 Å². The van der Waals surface area contributed by atoms with E-state index in [1.807, 2.05) is 22.6 Å². The van der Waals surface area contributed by atoms with Crippen molar-refractivity contribution < 1.29 is 9.90 Å². The van der Waals surface area contributed by atoms with E-state index in [1.54, 1.807) is 12.1 Å². The van der Waals surface area contributed by atoms with Crippen LogP contribution in [0.1, 0.15) is 10.4 Å². The molecule has 0 amide bonds. The fourth-order valence-electron chi connectivity index (χ4n) is 1.40. The van der Waals surface area contributed by atoms with Gasteiger partial charge in [-0.25, -0.2) is 9.59 Å². The molecule has 0 saturated heterocycles. The summed E-state index contributed by atoms with van der Waals surface area (Å²) in [6.45, 7) is 0. The van der Waals surface area contributed by atoms with Crippen molar-refractivity contribution in [3.8, 4) is 5.69 Å². The number of nitrogens with one attached hydrogen (secondary N) is 1. The zero-order chi connectivity index (χ0) is 11.7. The second-order valence-electron chi connectivity index (χ2n) is 3.10. The number of aromatic amines is 1. The van der Waals surface area contributed by atoms with Crippen LogP contribution in [-0.2, 0) is 0 Å². The molecule has 0 bridgehead atoms. The zero-order valence-corrected chi connectivity index (χ0v) is 10.1. The smallest absolute Gasteiger partial charge is 0.337 e. The molecule has 0 saturated carbocycles. The van der Waals surface area contributed by atoms with Crippen LogP contribution in [0, 0.1) is 3.57 Å². The van der Waals surface area contributed by atoms with E-state index in [0.717, 1.165) is 3.57 Å². The number of hydrogen-bond acceptors (Lipinski definition) is 2. The average Bonchev–Trinajstić information content (AvgIpc) is 2.64. The Bertz CT molecular complexity index is 600. The Morgan fingerprint density at radius 2 is 2.19 bits per heavy atom. The van der Waals surface area contributed by atoms with Gasteiger partial charge in [-0.15, -0.1) is 0 Å². The summed E-state index contributed by atoms with van der Waals surface area (Å²) in [5, 5.41) is 9.05. The minimum Gasteiger partial charge on any atom is -0.478 e. The van der Waals surface area contributed by atoms with Crippen LogP contribution in [0.4, 0.5) is 0 Å². The minimum atomic E-state index is -1.05. The summed E-state index contributed by atoms with van der Waals surface area (Å²) in [5.74, 6) is -1.05. The van der Waals surface area contributed by atoms with Crippen molar-refractivity contribution in [3.63, 3.8) is 0 Å². The highest BCUT2D eigenvalue weighted by molar-refractivity contribution is 14.1. The highest BCUT2D eigenvalue weighted by atomic mass is 127. The molecule has 0 atom stereocenters. The van der Waals surface area contributed by atoms with Crippen molar-refractivity contribution in [1.29, 1.82) is 0 Å². The maximum Gasteiger partial charge on any atom is 0.337 e. The van der Waals surface area contributed by atoms with E-state index in [1.165, 1.54) is 23.0 Å². The largest absolute Gasteiger partial charge is 0.478 e. The SMILES string of the molecule is O=C(O)c1cc(I)ccc1-n1cc[nH]c1=O. The molecule has 0 unspecified atom stereocenters. The molecule has 0 aliphatic rings. The number of nitrogens with zero attached hydrogens (tertiary/aromatic N) is 1. The summed E-state index contributed by atoms with van der Waals surface area (Å²) < 4.78 is 2.07. The molecule has 5 nitrogen and oxygen atoms in total. The van der Waals surface area contributed by atoms with Gasteiger partial charge in [0.15, 0.2) is 0 Å². The number of carbonyl (C=O) groups is 1. The number of H-pyrrole nitrogens is 1. The molecule has 0 aliphatic heterocycles. The van der Waals surface area contributed by atoms with E-state index in [4.69, 9.17) is 5.11 Å². The van der Waals surface area contributed by atoms with Gasteiger partial charge in [-0.3, -0.25) is 4.57 Å². The van der Waals surface area contributed by atoms with Crippen molar-refractivity contribution in [2.24, 2.45) is 0 Å². The maximum atomic E-state index is 11.4. The highest BCUT2D eigenvalue weighted by Gasteiger charge is 2.13. The Labute approximate surface area is 104 Å². The second kappa shape index (κ2) is 4.12. The number of hydrogen-bond donors (Lipinski definition) is 2. The molecule has 6 heteroatoms. The first-order valence-corrected chi connectivity index (χ1v) is 5.47. The molecule has 2 aromatic rings. The third-order valence-electron chi connectivity index (χ3n) is 2.10. The average molecular weight is 330 g/mol. The van der Waals surface area contributed by atoms with Crippen LogP contribution < -0.4 is 5.69 Å². The lowest BCUT2D eigenvalue weighted by Crippen LogP contribution is -2.17. The van der Waals surface area contributed by atoms with Gasteiger partial charge in [0, 0.05) is 16.0 Å². The number of aromatic nitrogens is 2. The monoisotopic (exact) mass is 330 g/mol. The fourth-order valence-corrected chi connectivity index (χ4v) is 1.89. The van der Waals surface area contributed by atoms with E-state index in [0.29, 0.717) is 5.69 Å². The van der Waals surface area contributed by atoms with E-state index in [9.17, 15) is 9.59 Å². The van der Waals surface area contributed by atoms with Crippen molar-refractivity contribution in [2.45, 2.75) is 0 Å². The van der Waals surface area contributed by atoms with Gasteiger partial charge >= 0.3 is 11.7 Å². The highest BCUT2D eigenvalue weighted by Crippen LogP contribution is 2.16. The molecule has 16 heavy (non-hydrogen) atoms. The first-order chi connectivity index (χ1) is 7.59. The molecular weight excluding hydrogens is 323 g/mol.